The van der Waals surface area contributed by atoms with E-state index in [1.165, 1.54) is 0 Å². The van der Waals surface area contributed by atoms with E-state index < -0.39 is 0 Å². The Kier molecular flexibility index (Phi) is 6.41. The topological polar surface area (TPSA) is 60.5 Å². The number of ether oxygens (including phenoxy) is 2. The van der Waals surface area contributed by atoms with Gasteiger partial charge >= 0.3 is 0 Å². The Morgan fingerprint density at radius 2 is 1.83 bits per heavy atom. The Morgan fingerprint density at radius 3 is 2.60 bits per heavy atom. The third kappa shape index (κ3) is 5.06. The molecule has 0 bridgehead atoms. The van der Waals surface area contributed by atoms with E-state index in [9.17, 15) is 4.79 Å². The molecule has 0 aliphatic heterocycles. The van der Waals surface area contributed by atoms with Gasteiger partial charge in [-0.3, -0.25) is 4.79 Å². The molecule has 4 rings (SSSR count). The summed E-state index contributed by atoms with van der Waals surface area (Å²) in [6, 6.07) is 16.8. The Morgan fingerprint density at radius 1 is 1.03 bits per heavy atom. The maximum absolute atomic E-state index is 12.6. The molecule has 0 saturated heterocycles. The number of amides is 1. The molecule has 7 heteroatoms. The van der Waals surface area contributed by atoms with Crippen LogP contribution in [0.2, 0.25) is 0 Å². The van der Waals surface area contributed by atoms with Crippen molar-refractivity contribution in [1.29, 1.82) is 0 Å². The summed E-state index contributed by atoms with van der Waals surface area (Å²) in [5, 5.41) is 9.86. The van der Waals surface area contributed by atoms with Gasteiger partial charge in [0.25, 0.3) is 0 Å². The maximum Gasteiger partial charge on any atom is 0.230 e. The molecule has 0 aliphatic carbocycles. The normalized spacial score (nSPS) is 10.6. The second-order valence-corrected chi connectivity index (χ2v) is 8.02. The van der Waals surface area contributed by atoms with Gasteiger partial charge in [-0.25, -0.2) is 4.98 Å². The molecule has 2 aromatic carbocycles. The minimum absolute atomic E-state index is 0.139. The Labute approximate surface area is 183 Å². The fourth-order valence-corrected chi connectivity index (χ4v) is 4.35. The number of benzene rings is 2. The van der Waals surface area contributed by atoms with Gasteiger partial charge in [0, 0.05) is 16.3 Å². The fourth-order valence-electron chi connectivity index (χ4n) is 2.82. The lowest BCUT2D eigenvalue weighted by atomic mass is 10.2. The lowest BCUT2D eigenvalue weighted by molar-refractivity contribution is -0.115. The number of nitrogens with one attached hydrogen (secondary N) is 1. The van der Waals surface area contributed by atoms with E-state index in [4.69, 9.17) is 9.47 Å². The lowest BCUT2D eigenvalue weighted by Gasteiger charge is -2.12. The summed E-state index contributed by atoms with van der Waals surface area (Å²) in [6.07, 6.45) is 0.206. The zero-order chi connectivity index (χ0) is 20.8. The van der Waals surface area contributed by atoms with Gasteiger partial charge in [-0.15, -0.1) is 11.3 Å². The number of aromatic nitrogens is 1. The average molecular weight is 437 g/mol. The largest absolute Gasteiger partial charge is 0.494 e. The van der Waals surface area contributed by atoms with E-state index in [-0.39, 0.29) is 12.3 Å². The van der Waals surface area contributed by atoms with Gasteiger partial charge in [-0.2, -0.15) is 11.3 Å². The van der Waals surface area contributed by atoms with E-state index in [1.807, 2.05) is 72.3 Å². The van der Waals surface area contributed by atoms with Crippen LogP contribution in [0.4, 0.5) is 5.69 Å². The maximum atomic E-state index is 12.6. The number of rotatable bonds is 8. The number of para-hydroxylation sites is 2. The van der Waals surface area contributed by atoms with Gasteiger partial charge in [0.05, 0.1) is 24.4 Å². The number of nitrogens with zero attached hydrogens (tertiary/aromatic N) is 1. The van der Waals surface area contributed by atoms with E-state index in [0.29, 0.717) is 23.8 Å². The summed E-state index contributed by atoms with van der Waals surface area (Å²) in [5.74, 6) is 1.89. The number of hydrogen-bond acceptors (Lipinski definition) is 6. The molecule has 0 fully saturated rings. The van der Waals surface area contributed by atoms with Crippen molar-refractivity contribution in [2.24, 2.45) is 0 Å². The smallest absolute Gasteiger partial charge is 0.230 e. The van der Waals surface area contributed by atoms with Crippen molar-refractivity contribution in [3.8, 4) is 27.8 Å². The summed E-state index contributed by atoms with van der Waals surface area (Å²) < 4.78 is 11.4. The second-order valence-electron chi connectivity index (χ2n) is 6.38. The van der Waals surface area contributed by atoms with Crippen molar-refractivity contribution in [3.05, 3.63) is 76.4 Å². The third-order valence-corrected chi connectivity index (χ3v) is 5.81. The van der Waals surface area contributed by atoms with Gasteiger partial charge in [0.15, 0.2) is 5.75 Å². The molecule has 0 aliphatic rings. The highest BCUT2D eigenvalue weighted by Gasteiger charge is 2.12. The highest BCUT2D eigenvalue weighted by atomic mass is 32.1. The standard InChI is InChI=1S/C23H20N2O3S2/c1-2-27-18-7-9-19(10-8-18)28-21-6-4-3-5-20(21)25-22(26)13-17-15-30-23(24-17)16-11-12-29-14-16/h3-12,14-15H,2,13H2,1H3,(H,25,26). The molecule has 2 heterocycles. The van der Waals surface area contributed by atoms with Gasteiger partial charge < -0.3 is 14.8 Å². The van der Waals surface area contributed by atoms with Gasteiger partial charge in [-0.1, -0.05) is 12.1 Å². The van der Waals surface area contributed by atoms with Crippen LogP contribution in [0.1, 0.15) is 12.6 Å². The number of thiazole rings is 1. The number of anilines is 1. The second kappa shape index (κ2) is 9.56. The first-order chi connectivity index (χ1) is 14.7. The Hall–Kier alpha value is -3.16. The zero-order valence-corrected chi connectivity index (χ0v) is 18.0. The van der Waals surface area contributed by atoms with Crippen molar-refractivity contribution in [1.82, 2.24) is 4.98 Å². The van der Waals surface area contributed by atoms with Gasteiger partial charge in [-0.05, 0) is 54.8 Å². The summed E-state index contributed by atoms with van der Waals surface area (Å²) in [6.45, 7) is 2.56. The van der Waals surface area contributed by atoms with Crippen molar-refractivity contribution in [2.75, 3.05) is 11.9 Å². The lowest BCUT2D eigenvalue weighted by Crippen LogP contribution is -2.15. The van der Waals surface area contributed by atoms with E-state index in [1.54, 1.807) is 22.7 Å². The summed E-state index contributed by atoms with van der Waals surface area (Å²) in [4.78, 5) is 17.2. The third-order valence-electron chi connectivity index (χ3n) is 4.19. The molecule has 0 spiro atoms. The van der Waals surface area contributed by atoms with Crippen molar-refractivity contribution >= 4 is 34.3 Å². The summed E-state index contributed by atoms with van der Waals surface area (Å²) >= 11 is 3.18. The van der Waals surface area contributed by atoms with Crippen molar-refractivity contribution in [2.45, 2.75) is 13.3 Å². The number of carbonyl (C=O) groups is 1. The molecule has 5 nitrogen and oxygen atoms in total. The fraction of sp³-hybridized carbons (Fsp3) is 0.130. The summed E-state index contributed by atoms with van der Waals surface area (Å²) in [7, 11) is 0. The molecule has 30 heavy (non-hydrogen) atoms. The quantitative estimate of drug-likeness (QED) is 0.355. The first kappa shape index (κ1) is 20.1. The Bertz CT molecular complexity index is 1110. The predicted molar refractivity (Wildman–Crippen MR) is 122 cm³/mol. The van der Waals surface area contributed by atoms with Crippen LogP contribution < -0.4 is 14.8 Å². The molecule has 1 amide bonds. The average Bonchev–Trinajstić information content (AvgIpc) is 3.43. The summed E-state index contributed by atoms with van der Waals surface area (Å²) in [5.41, 5.74) is 2.46. The Balaban J connectivity index is 1.41. The van der Waals surface area contributed by atoms with Crippen LogP contribution in [0.15, 0.2) is 70.7 Å². The zero-order valence-electron chi connectivity index (χ0n) is 16.3. The SMILES string of the molecule is CCOc1ccc(Oc2ccccc2NC(=O)Cc2csc(-c3ccsc3)n2)cc1. The van der Waals surface area contributed by atoms with Gasteiger partial charge in [0.1, 0.15) is 16.5 Å². The van der Waals surface area contributed by atoms with Crippen LogP contribution in [0.25, 0.3) is 10.6 Å². The molecule has 2 aromatic heterocycles. The molecule has 0 atom stereocenters. The number of hydrogen-bond donors (Lipinski definition) is 1. The van der Waals surface area contributed by atoms with Crippen LogP contribution >= 0.6 is 22.7 Å². The highest BCUT2D eigenvalue weighted by Crippen LogP contribution is 2.31. The van der Waals surface area contributed by atoms with Crippen LogP contribution in [-0.4, -0.2) is 17.5 Å². The van der Waals surface area contributed by atoms with Crippen LogP contribution in [-0.2, 0) is 11.2 Å². The molecule has 152 valence electrons. The highest BCUT2D eigenvalue weighted by molar-refractivity contribution is 7.14. The molecule has 0 radical (unpaired) electrons. The minimum Gasteiger partial charge on any atom is -0.494 e. The molecule has 0 saturated carbocycles. The monoisotopic (exact) mass is 436 g/mol. The number of carbonyl (C=O) groups excluding carboxylic acids is 1. The van der Waals surface area contributed by atoms with Crippen LogP contribution in [0.3, 0.4) is 0 Å². The minimum atomic E-state index is -0.139. The number of thiophene rings is 1. The molecule has 0 unspecified atom stereocenters. The first-order valence-electron chi connectivity index (χ1n) is 9.48. The molecule has 4 aromatic rings. The van der Waals surface area contributed by atoms with Crippen LogP contribution in [0.5, 0.6) is 17.2 Å². The molecule has 1 N–H and O–H groups in total. The molecular formula is C23H20N2O3S2. The van der Waals surface area contributed by atoms with Crippen LogP contribution in [0, 0.1) is 0 Å². The van der Waals surface area contributed by atoms with Crippen molar-refractivity contribution in [3.63, 3.8) is 0 Å². The predicted octanol–water partition coefficient (Wildman–Crippen LogP) is 6.24. The van der Waals surface area contributed by atoms with Gasteiger partial charge in [0.2, 0.25) is 5.91 Å². The van der Waals surface area contributed by atoms with E-state index >= 15 is 0 Å². The van der Waals surface area contributed by atoms with E-state index in [0.717, 1.165) is 22.0 Å². The van der Waals surface area contributed by atoms with Crippen molar-refractivity contribution < 1.29 is 14.3 Å². The van der Waals surface area contributed by atoms with E-state index in [2.05, 4.69) is 15.7 Å². The first-order valence-corrected chi connectivity index (χ1v) is 11.3. The molecular weight excluding hydrogens is 416 g/mol.